The van der Waals surface area contributed by atoms with Crippen molar-refractivity contribution in [3.8, 4) is 0 Å². The second kappa shape index (κ2) is 6.37. The van der Waals surface area contributed by atoms with Gasteiger partial charge in [-0.1, -0.05) is 66.8 Å². The summed E-state index contributed by atoms with van der Waals surface area (Å²) in [6.45, 7) is 6.54. The first-order chi connectivity index (χ1) is 12.4. The Balaban J connectivity index is 1.99. The molecule has 4 rings (SSSR count). The molecule has 134 valence electrons. The van der Waals surface area contributed by atoms with E-state index in [2.05, 4.69) is 67.9 Å². The fraction of sp³-hybridized carbons (Fsp3) is 0.304. The van der Waals surface area contributed by atoms with Gasteiger partial charge in [0.1, 0.15) is 0 Å². The molecule has 2 aliphatic rings. The van der Waals surface area contributed by atoms with Gasteiger partial charge in [0.2, 0.25) is 7.29 Å². The summed E-state index contributed by atoms with van der Waals surface area (Å²) in [5, 5.41) is 2.05. The minimum atomic E-state index is -2.86. The standard InChI is InChI=1S/C23H26NOP/c1-23(2,3)24-22(18-12-6-4-7-13-18)20-16-10-11-17-21(20)26(24,25)19-14-8-5-9-15-19/h4-10,12-17,20,22H,11H2,1-3H3/t20-,22+,26+/m0/s1. The van der Waals surface area contributed by atoms with Gasteiger partial charge >= 0.3 is 0 Å². The van der Waals surface area contributed by atoms with Crippen LogP contribution in [0.15, 0.2) is 84.2 Å². The highest BCUT2D eigenvalue weighted by Crippen LogP contribution is 2.73. The molecule has 1 aliphatic carbocycles. The lowest BCUT2D eigenvalue weighted by Gasteiger charge is -2.41. The van der Waals surface area contributed by atoms with Gasteiger partial charge in [0, 0.05) is 22.1 Å². The van der Waals surface area contributed by atoms with E-state index in [0.717, 1.165) is 17.0 Å². The number of rotatable bonds is 2. The Bertz CT molecular complexity index is 893. The quantitative estimate of drug-likeness (QED) is 0.489. The highest BCUT2D eigenvalue weighted by Gasteiger charge is 2.56. The Hall–Kier alpha value is -1.89. The molecule has 1 saturated heterocycles. The van der Waals surface area contributed by atoms with Gasteiger partial charge in [-0.25, -0.2) is 4.67 Å². The molecule has 1 heterocycles. The number of hydrogen-bond donors (Lipinski definition) is 0. The summed E-state index contributed by atoms with van der Waals surface area (Å²) in [4.78, 5) is 0. The zero-order valence-electron chi connectivity index (χ0n) is 15.7. The molecule has 0 bridgehead atoms. The number of allylic oxidation sites excluding steroid dienone is 2. The molecule has 2 aromatic rings. The van der Waals surface area contributed by atoms with Crippen LogP contribution >= 0.6 is 7.29 Å². The molecular formula is C23H26NOP. The molecule has 2 nitrogen and oxygen atoms in total. The highest BCUT2D eigenvalue weighted by molar-refractivity contribution is 7.73. The van der Waals surface area contributed by atoms with Crippen LogP contribution in [0, 0.1) is 5.92 Å². The van der Waals surface area contributed by atoms with E-state index in [-0.39, 0.29) is 17.5 Å². The van der Waals surface area contributed by atoms with Crippen LogP contribution in [0.2, 0.25) is 0 Å². The molecule has 0 radical (unpaired) electrons. The molecule has 26 heavy (non-hydrogen) atoms. The summed E-state index contributed by atoms with van der Waals surface area (Å²) < 4.78 is 17.1. The minimum absolute atomic E-state index is 0.0880. The molecule has 0 aromatic heterocycles. The van der Waals surface area contributed by atoms with Crippen LogP contribution in [0.3, 0.4) is 0 Å². The third-order valence-corrected chi connectivity index (χ3v) is 8.97. The lowest BCUT2D eigenvalue weighted by Crippen LogP contribution is -2.41. The first-order valence-electron chi connectivity index (χ1n) is 9.32. The van der Waals surface area contributed by atoms with Gasteiger partial charge in [0.05, 0.1) is 6.04 Å². The summed E-state index contributed by atoms with van der Waals surface area (Å²) >= 11 is 0. The summed E-state index contributed by atoms with van der Waals surface area (Å²) in [5.74, 6) is 0.163. The molecule has 0 saturated carbocycles. The molecule has 0 unspecified atom stereocenters. The Morgan fingerprint density at radius 2 is 1.58 bits per heavy atom. The fourth-order valence-electron chi connectivity index (χ4n) is 4.44. The largest absolute Gasteiger partial charge is 0.297 e. The van der Waals surface area contributed by atoms with Crippen molar-refractivity contribution in [3.63, 3.8) is 0 Å². The van der Waals surface area contributed by atoms with Crippen molar-refractivity contribution in [3.05, 3.63) is 89.8 Å². The average Bonchev–Trinajstić information content (AvgIpc) is 2.94. The number of nitrogens with zero attached hydrogens (tertiary/aromatic N) is 1. The van der Waals surface area contributed by atoms with E-state index in [0.29, 0.717) is 0 Å². The van der Waals surface area contributed by atoms with Crippen molar-refractivity contribution in [2.75, 3.05) is 0 Å². The highest BCUT2D eigenvalue weighted by atomic mass is 31.2. The minimum Gasteiger partial charge on any atom is -0.297 e. The summed E-state index contributed by atoms with van der Waals surface area (Å²) in [6.07, 6.45) is 7.56. The van der Waals surface area contributed by atoms with Crippen molar-refractivity contribution in [2.24, 2.45) is 5.92 Å². The van der Waals surface area contributed by atoms with E-state index in [1.807, 2.05) is 36.4 Å². The van der Waals surface area contributed by atoms with E-state index in [1.165, 1.54) is 5.56 Å². The van der Waals surface area contributed by atoms with E-state index in [4.69, 9.17) is 0 Å². The van der Waals surface area contributed by atoms with Crippen LogP contribution in [0.1, 0.15) is 38.8 Å². The van der Waals surface area contributed by atoms with Crippen LogP contribution in [-0.4, -0.2) is 10.2 Å². The zero-order chi connectivity index (χ0) is 18.4. The molecule has 0 amide bonds. The second-order valence-electron chi connectivity index (χ2n) is 8.10. The Morgan fingerprint density at radius 3 is 2.19 bits per heavy atom. The van der Waals surface area contributed by atoms with Gasteiger partial charge in [-0.15, -0.1) is 0 Å². The number of hydrogen-bond acceptors (Lipinski definition) is 1. The third-order valence-electron chi connectivity index (χ3n) is 5.34. The average molecular weight is 363 g/mol. The van der Waals surface area contributed by atoms with Crippen LogP contribution < -0.4 is 5.30 Å². The predicted molar refractivity (Wildman–Crippen MR) is 110 cm³/mol. The molecule has 0 N–H and O–H groups in total. The molecule has 2 aromatic carbocycles. The number of benzene rings is 2. The second-order valence-corrected chi connectivity index (χ2v) is 10.7. The lowest BCUT2D eigenvalue weighted by atomic mass is 9.88. The smallest absolute Gasteiger partial charge is 0.204 e. The van der Waals surface area contributed by atoms with Crippen LogP contribution in [0.25, 0.3) is 0 Å². The van der Waals surface area contributed by atoms with Crippen LogP contribution in [-0.2, 0) is 4.57 Å². The number of fused-ring (bicyclic) bond motifs is 1. The predicted octanol–water partition coefficient (Wildman–Crippen LogP) is 5.91. The van der Waals surface area contributed by atoms with Crippen LogP contribution in [0.5, 0.6) is 0 Å². The van der Waals surface area contributed by atoms with Crippen molar-refractivity contribution >= 4 is 12.6 Å². The van der Waals surface area contributed by atoms with Gasteiger partial charge in [0.25, 0.3) is 0 Å². The molecule has 3 heteroatoms. The third kappa shape index (κ3) is 2.64. The van der Waals surface area contributed by atoms with Gasteiger partial charge in [-0.05, 0) is 44.9 Å². The molecular weight excluding hydrogens is 337 g/mol. The van der Waals surface area contributed by atoms with Gasteiger partial charge in [-0.3, -0.25) is 4.57 Å². The van der Waals surface area contributed by atoms with Crippen molar-refractivity contribution < 1.29 is 4.57 Å². The van der Waals surface area contributed by atoms with Crippen molar-refractivity contribution in [1.29, 1.82) is 0 Å². The SMILES string of the molecule is CC(C)(C)N1[C@H](c2ccccc2)[C@H]2C=CCC=C2[P@]1(=O)c1ccccc1. The summed E-state index contributed by atoms with van der Waals surface area (Å²) in [5.41, 5.74) is 1.01. The van der Waals surface area contributed by atoms with Crippen molar-refractivity contribution in [1.82, 2.24) is 4.67 Å². The first-order valence-corrected chi connectivity index (χ1v) is 11.0. The maximum Gasteiger partial charge on any atom is 0.204 e. The van der Waals surface area contributed by atoms with E-state index >= 15 is 0 Å². The van der Waals surface area contributed by atoms with E-state index < -0.39 is 7.29 Å². The summed E-state index contributed by atoms with van der Waals surface area (Å²) in [7, 11) is -2.86. The summed E-state index contributed by atoms with van der Waals surface area (Å²) in [6, 6.07) is 20.7. The lowest BCUT2D eigenvalue weighted by molar-refractivity contribution is 0.189. The van der Waals surface area contributed by atoms with E-state index in [9.17, 15) is 4.57 Å². The fourth-order valence-corrected chi connectivity index (χ4v) is 8.26. The van der Waals surface area contributed by atoms with Gasteiger partial charge in [0.15, 0.2) is 0 Å². The Kier molecular flexibility index (Phi) is 4.29. The molecule has 0 spiro atoms. The normalized spacial score (nSPS) is 28.7. The maximum absolute atomic E-state index is 14.8. The Morgan fingerprint density at radius 1 is 0.962 bits per heavy atom. The molecule has 3 atom stereocenters. The van der Waals surface area contributed by atoms with Crippen LogP contribution in [0.4, 0.5) is 0 Å². The topological polar surface area (TPSA) is 20.3 Å². The molecule has 1 aliphatic heterocycles. The van der Waals surface area contributed by atoms with Gasteiger partial charge in [-0.2, -0.15) is 0 Å². The van der Waals surface area contributed by atoms with Crippen molar-refractivity contribution in [2.45, 2.75) is 38.8 Å². The molecule has 1 fully saturated rings. The maximum atomic E-state index is 14.8. The monoisotopic (exact) mass is 363 g/mol. The zero-order valence-corrected chi connectivity index (χ0v) is 16.6. The first kappa shape index (κ1) is 17.5. The Labute approximate surface area is 156 Å². The van der Waals surface area contributed by atoms with E-state index in [1.54, 1.807) is 0 Å². The van der Waals surface area contributed by atoms with Gasteiger partial charge < -0.3 is 0 Å².